The van der Waals surface area contributed by atoms with Gasteiger partial charge in [-0.1, -0.05) is 13.8 Å². The molecule has 0 radical (unpaired) electrons. The lowest BCUT2D eigenvalue weighted by Crippen LogP contribution is -2.59. The van der Waals surface area contributed by atoms with E-state index in [4.69, 9.17) is 0 Å². The molecule has 0 bridgehead atoms. The summed E-state index contributed by atoms with van der Waals surface area (Å²) in [5.74, 6) is 3.94. The van der Waals surface area contributed by atoms with E-state index < -0.39 is 0 Å². The van der Waals surface area contributed by atoms with Gasteiger partial charge < -0.3 is 10.2 Å². The molecule has 2 rings (SSSR count). The Bertz CT molecular complexity index is 344. The zero-order chi connectivity index (χ0) is 13.8. The van der Waals surface area contributed by atoms with E-state index in [1.807, 2.05) is 23.5 Å². The van der Waals surface area contributed by atoms with E-state index in [-0.39, 0.29) is 24.4 Å². The van der Waals surface area contributed by atoms with Crippen LogP contribution in [0.15, 0.2) is 0 Å². The summed E-state index contributed by atoms with van der Waals surface area (Å²) in [6, 6.07) is -0.317. The van der Waals surface area contributed by atoms with Crippen molar-refractivity contribution in [1.29, 1.82) is 0 Å². The van der Waals surface area contributed by atoms with E-state index in [0.717, 1.165) is 24.5 Å². The van der Waals surface area contributed by atoms with Crippen LogP contribution >= 0.6 is 23.5 Å². The first kappa shape index (κ1) is 15.0. The summed E-state index contributed by atoms with van der Waals surface area (Å²) in [6.45, 7) is 5.10. The van der Waals surface area contributed by atoms with Crippen LogP contribution < -0.4 is 5.32 Å². The van der Waals surface area contributed by atoms with Crippen LogP contribution in [0.25, 0.3) is 0 Å². The fraction of sp³-hybridized carbons (Fsp3) is 0.846. The minimum Gasteiger partial charge on any atom is -0.343 e. The number of amides is 2. The second kappa shape index (κ2) is 6.88. The van der Waals surface area contributed by atoms with Crippen molar-refractivity contribution in [2.75, 3.05) is 30.3 Å². The number of piperazine rings is 1. The normalized spacial score (nSPS) is 28.7. The van der Waals surface area contributed by atoms with Gasteiger partial charge in [0.15, 0.2) is 0 Å². The zero-order valence-corrected chi connectivity index (χ0v) is 13.2. The minimum absolute atomic E-state index is 0.0151. The van der Waals surface area contributed by atoms with Crippen molar-refractivity contribution in [1.82, 2.24) is 10.2 Å². The first-order valence-electron chi connectivity index (χ1n) is 6.83. The molecule has 2 atom stereocenters. The quantitative estimate of drug-likeness (QED) is 0.848. The van der Waals surface area contributed by atoms with E-state index in [1.165, 1.54) is 5.75 Å². The topological polar surface area (TPSA) is 49.4 Å². The number of carbonyl (C=O) groups excluding carboxylic acids is 2. The van der Waals surface area contributed by atoms with E-state index in [1.54, 1.807) is 4.90 Å². The van der Waals surface area contributed by atoms with Crippen LogP contribution in [-0.4, -0.2) is 58.4 Å². The summed E-state index contributed by atoms with van der Waals surface area (Å²) < 4.78 is 0. The van der Waals surface area contributed by atoms with Crippen molar-refractivity contribution in [3.8, 4) is 0 Å². The standard InChI is InChI=1S/C13H22N2O2S2/c1-9(2)5-11-13(17)15(7-12(16)14-11)6-10-8-18-3-4-19-10/h9-11H,3-8H2,1-2H3,(H,14,16). The van der Waals surface area contributed by atoms with E-state index >= 15 is 0 Å². The Morgan fingerprint density at radius 3 is 2.79 bits per heavy atom. The van der Waals surface area contributed by atoms with Gasteiger partial charge in [0.1, 0.15) is 6.04 Å². The molecule has 2 unspecified atom stereocenters. The van der Waals surface area contributed by atoms with Crippen LogP contribution in [0.4, 0.5) is 0 Å². The molecular weight excluding hydrogens is 280 g/mol. The van der Waals surface area contributed by atoms with E-state index in [2.05, 4.69) is 19.2 Å². The molecule has 2 heterocycles. The molecule has 108 valence electrons. The predicted molar refractivity (Wildman–Crippen MR) is 81.5 cm³/mol. The van der Waals surface area contributed by atoms with Crippen LogP contribution in [0.5, 0.6) is 0 Å². The smallest absolute Gasteiger partial charge is 0.245 e. The molecular formula is C13H22N2O2S2. The van der Waals surface area contributed by atoms with Gasteiger partial charge in [0.25, 0.3) is 0 Å². The van der Waals surface area contributed by atoms with Crippen molar-refractivity contribution in [2.45, 2.75) is 31.6 Å². The molecule has 19 heavy (non-hydrogen) atoms. The molecule has 0 aromatic heterocycles. The third-order valence-electron chi connectivity index (χ3n) is 3.30. The third kappa shape index (κ3) is 4.31. The fourth-order valence-electron chi connectivity index (χ4n) is 2.45. The maximum Gasteiger partial charge on any atom is 0.245 e. The molecule has 4 nitrogen and oxygen atoms in total. The number of nitrogens with one attached hydrogen (secondary N) is 1. The van der Waals surface area contributed by atoms with Crippen LogP contribution in [0.2, 0.25) is 0 Å². The molecule has 2 amide bonds. The highest BCUT2D eigenvalue weighted by Crippen LogP contribution is 2.25. The molecule has 2 saturated heterocycles. The molecule has 0 spiro atoms. The zero-order valence-electron chi connectivity index (χ0n) is 11.6. The van der Waals surface area contributed by atoms with Crippen molar-refractivity contribution in [3.63, 3.8) is 0 Å². The summed E-state index contributed by atoms with van der Waals surface area (Å²) >= 11 is 3.87. The molecule has 2 aliphatic heterocycles. The Kier molecular flexibility index (Phi) is 5.45. The van der Waals surface area contributed by atoms with Crippen molar-refractivity contribution in [3.05, 3.63) is 0 Å². The van der Waals surface area contributed by atoms with E-state index in [0.29, 0.717) is 11.2 Å². The summed E-state index contributed by atoms with van der Waals surface area (Å²) in [5, 5.41) is 3.30. The highest BCUT2D eigenvalue weighted by Gasteiger charge is 2.34. The fourth-order valence-corrected chi connectivity index (χ4v) is 5.13. The Morgan fingerprint density at radius 1 is 1.37 bits per heavy atom. The SMILES string of the molecule is CC(C)CC1NC(=O)CN(CC2CSCCS2)C1=O. The molecule has 2 fully saturated rings. The van der Waals surface area contributed by atoms with Gasteiger partial charge >= 0.3 is 0 Å². The lowest BCUT2D eigenvalue weighted by Gasteiger charge is -2.35. The molecule has 0 aromatic carbocycles. The van der Waals surface area contributed by atoms with Crippen molar-refractivity contribution < 1.29 is 9.59 Å². The Labute approximate surface area is 123 Å². The maximum atomic E-state index is 12.4. The first-order valence-corrected chi connectivity index (χ1v) is 9.04. The van der Waals surface area contributed by atoms with Gasteiger partial charge in [-0.2, -0.15) is 23.5 Å². The lowest BCUT2D eigenvalue weighted by molar-refractivity contribution is -0.144. The Morgan fingerprint density at radius 2 is 2.16 bits per heavy atom. The Hall–Kier alpha value is -0.360. The number of carbonyl (C=O) groups is 2. The highest BCUT2D eigenvalue weighted by molar-refractivity contribution is 8.06. The molecule has 1 N–H and O–H groups in total. The summed E-state index contributed by atoms with van der Waals surface area (Å²) in [4.78, 5) is 25.9. The van der Waals surface area contributed by atoms with Crippen LogP contribution in [0, 0.1) is 5.92 Å². The molecule has 0 aliphatic carbocycles. The van der Waals surface area contributed by atoms with Gasteiger partial charge in [-0.25, -0.2) is 0 Å². The van der Waals surface area contributed by atoms with Gasteiger partial charge in [-0.3, -0.25) is 9.59 Å². The third-order valence-corrected chi connectivity index (χ3v) is 6.12. The highest BCUT2D eigenvalue weighted by atomic mass is 32.2. The average molecular weight is 302 g/mol. The van der Waals surface area contributed by atoms with Crippen molar-refractivity contribution >= 4 is 35.3 Å². The monoisotopic (exact) mass is 302 g/mol. The maximum absolute atomic E-state index is 12.4. The summed E-state index contributed by atoms with van der Waals surface area (Å²) in [6.07, 6.45) is 0.730. The molecule has 6 heteroatoms. The number of hydrogen-bond acceptors (Lipinski definition) is 4. The Balaban J connectivity index is 1.94. The van der Waals surface area contributed by atoms with Crippen LogP contribution in [0.1, 0.15) is 20.3 Å². The second-order valence-corrected chi connectivity index (χ2v) is 8.09. The number of hydrogen-bond donors (Lipinski definition) is 1. The largest absolute Gasteiger partial charge is 0.343 e. The van der Waals surface area contributed by atoms with Gasteiger partial charge in [0, 0.05) is 29.1 Å². The number of nitrogens with zero attached hydrogens (tertiary/aromatic N) is 1. The molecule has 2 aliphatic rings. The molecule has 0 aromatic rings. The number of rotatable bonds is 4. The van der Waals surface area contributed by atoms with Crippen LogP contribution in [-0.2, 0) is 9.59 Å². The predicted octanol–water partition coefficient (Wildman–Crippen LogP) is 1.21. The molecule has 0 saturated carbocycles. The van der Waals surface area contributed by atoms with Crippen LogP contribution in [0.3, 0.4) is 0 Å². The number of thioether (sulfide) groups is 2. The first-order chi connectivity index (χ1) is 9.06. The minimum atomic E-state index is -0.317. The summed E-state index contributed by atoms with van der Waals surface area (Å²) in [7, 11) is 0. The van der Waals surface area contributed by atoms with E-state index in [9.17, 15) is 9.59 Å². The van der Waals surface area contributed by atoms with Crippen molar-refractivity contribution in [2.24, 2.45) is 5.92 Å². The van der Waals surface area contributed by atoms with Gasteiger partial charge in [0.05, 0.1) is 6.54 Å². The van der Waals surface area contributed by atoms with Gasteiger partial charge in [-0.05, 0) is 12.3 Å². The van der Waals surface area contributed by atoms with Gasteiger partial charge in [0.2, 0.25) is 11.8 Å². The average Bonchev–Trinajstić information content (AvgIpc) is 2.35. The summed E-state index contributed by atoms with van der Waals surface area (Å²) in [5.41, 5.74) is 0. The second-order valence-electron chi connectivity index (χ2n) is 5.54. The lowest BCUT2D eigenvalue weighted by atomic mass is 10.0. The van der Waals surface area contributed by atoms with Gasteiger partial charge in [-0.15, -0.1) is 0 Å².